The van der Waals surface area contributed by atoms with Crippen LogP contribution in [0.1, 0.15) is 16.1 Å². The highest BCUT2D eigenvalue weighted by Gasteiger charge is 2.21. The number of hydrogen-bond acceptors (Lipinski definition) is 4. The Labute approximate surface area is 170 Å². The Bertz CT molecular complexity index is 971. The number of amides is 2. The molecule has 1 aromatic heterocycles. The molecule has 3 aromatic rings. The summed E-state index contributed by atoms with van der Waals surface area (Å²) in [7, 11) is 0. The minimum atomic E-state index is -0.195. The first-order valence-corrected chi connectivity index (χ1v) is 9.99. The summed E-state index contributed by atoms with van der Waals surface area (Å²) in [6.45, 7) is 4.39. The molecule has 2 heterocycles. The van der Waals surface area contributed by atoms with Gasteiger partial charge >= 0.3 is 0 Å². The van der Waals surface area contributed by atoms with Crippen LogP contribution < -0.4 is 5.32 Å². The minimum Gasteiger partial charge on any atom is -0.459 e. The SMILES string of the molecule is O=C(NCCN1CCN(C(=O)Cc2cccc3ccccc23)CC1)c1ccco1. The molecule has 4 rings (SSSR count). The molecule has 0 spiro atoms. The van der Waals surface area contributed by atoms with Crippen molar-refractivity contribution >= 4 is 22.6 Å². The average Bonchev–Trinajstić information content (AvgIpc) is 3.29. The number of hydrogen-bond donors (Lipinski definition) is 1. The van der Waals surface area contributed by atoms with E-state index in [2.05, 4.69) is 28.4 Å². The summed E-state index contributed by atoms with van der Waals surface area (Å²) in [5, 5.41) is 5.17. The molecule has 1 aliphatic rings. The predicted molar refractivity (Wildman–Crippen MR) is 112 cm³/mol. The van der Waals surface area contributed by atoms with Crippen molar-refractivity contribution < 1.29 is 14.0 Å². The fourth-order valence-corrected chi connectivity index (χ4v) is 3.76. The van der Waals surface area contributed by atoms with Crippen LogP contribution in [0.25, 0.3) is 10.8 Å². The number of nitrogens with one attached hydrogen (secondary N) is 1. The normalized spacial score (nSPS) is 14.8. The van der Waals surface area contributed by atoms with Gasteiger partial charge in [0.25, 0.3) is 5.91 Å². The molecule has 0 unspecified atom stereocenters. The summed E-state index contributed by atoms with van der Waals surface area (Å²) in [6.07, 6.45) is 1.92. The molecule has 0 bridgehead atoms. The van der Waals surface area contributed by atoms with Crippen LogP contribution in [0, 0.1) is 0 Å². The molecule has 29 heavy (non-hydrogen) atoms. The van der Waals surface area contributed by atoms with Gasteiger partial charge in [-0.3, -0.25) is 14.5 Å². The van der Waals surface area contributed by atoms with Crippen molar-refractivity contribution in [2.75, 3.05) is 39.3 Å². The zero-order chi connectivity index (χ0) is 20.1. The molecule has 6 nitrogen and oxygen atoms in total. The number of benzene rings is 2. The smallest absolute Gasteiger partial charge is 0.287 e. The van der Waals surface area contributed by atoms with Crippen LogP contribution in [-0.4, -0.2) is 60.9 Å². The van der Waals surface area contributed by atoms with Gasteiger partial charge in [-0.2, -0.15) is 0 Å². The van der Waals surface area contributed by atoms with E-state index in [-0.39, 0.29) is 11.8 Å². The third-order valence-electron chi connectivity index (χ3n) is 5.41. The number of fused-ring (bicyclic) bond motifs is 1. The van der Waals surface area contributed by atoms with Gasteiger partial charge in [0.05, 0.1) is 12.7 Å². The fourth-order valence-electron chi connectivity index (χ4n) is 3.76. The molecule has 150 valence electrons. The quantitative estimate of drug-likeness (QED) is 0.701. The molecule has 1 fully saturated rings. The van der Waals surface area contributed by atoms with Gasteiger partial charge in [0, 0.05) is 39.3 Å². The molecule has 1 aliphatic heterocycles. The third kappa shape index (κ3) is 4.66. The Kier molecular flexibility index (Phi) is 5.91. The average molecular weight is 391 g/mol. The maximum Gasteiger partial charge on any atom is 0.287 e. The summed E-state index contributed by atoms with van der Waals surface area (Å²) in [5.41, 5.74) is 1.08. The Morgan fingerprint density at radius 2 is 1.72 bits per heavy atom. The van der Waals surface area contributed by atoms with Crippen molar-refractivity contribution in [1.82, 2.24) is 15.1 Å². The van der Waals surface area contributed by atoms with Gasteiger partial charge in [-0.1, -0.05) is 42.5 Å². The van der Waals surface area contributed by atoms with Crippen LogP contribution in [0.2, 0.25) is 0 Å². The molecular formula is C23H25N3O3. The molecule has 0 saturated carbocycles. The Morgan fingerprint density at radius 1 is 0.931 bits per heavy atom. The second-order valence-electron chi connectivity index (χ2n) is 7.27. The minimum absolute atomic E-state index is 0.173. The second-order valence-corrected chi connectivity index (χ2v) is 7.27. The van der Waals surface area contributed by atoms with Gasteiger partial charge in [0.1, 0.15) is 0 Å². The number of carbonyl (C=O) groups is 2. The van der Waals surface area contributed by atoms with Crippen LogP contribution in [0.5, 0.6) is 0 Å². The first-order chi connectivity index (χ1) is 14.2. The molecule has 1 N–H and O–H groups in total. The van der Waals surface area contributed by atoms with Gasteiger partial charge in [-0.05, 0) is 28.5 Å². The van der Waals surface area contributed by atoms with Crippen LogP contribution in [0.15, 0.2) is 65.3 Å². The van der Waals surface area contributed by atoms with Crippen molar-refractivity contribution in [3.05, 3.63) is 72.2 Å². The van der Waals surface area contributed by atoms with E-state index in [0.29, 0.717) is 18.7 Å². The van der Waals surface area contributed by atoms with Gasteiger partial charge < -0.3 is 14.6 Å². The highest BCUT2D eigenvalue weighted by Crippen LogP contribution is 2.19. The maximum absolute atomic E-state index is 12.8. The molecule has 6 heteroatoms. The monoisotopic (exact) mass is 391 g/mol. The molecule has 1 saturated heterocycles. The van der Waals surface area contributed by atoms with Gasteiger partial charge in [0.2, 0.25) is 5.91 Å². The van der Waals surface area contributed by atoms with E-state index in [1.54, 1.807) is 12.1 Å². The summed E-state index contributed by atoms with van der Waals surface area (Å²) in [5.74, 6) is 0.305. The van der Waals surface area contributed by atoms with E-state index < -0.39 is 0 Å². The molecule has 0 aliphatic carbocycles. The van der Waals surface area contributed by atoms with Crippen molar-refractivity contribution in [3.63, 3.8) is 0 Å². The van der Waals surface area contributed by atoms with E-state index in [4.69, 9.17) is 4.42 Å². The van der Waals surface area contributed by atoms with Crippen LogP contribution >= 0.6 is 0 Å². The molecule has 2 aromatic carbocycles. The number of carbonyl (C=O) groups excluding carboxylic acids is 2. The van der Waals surface area contributed by atoms with Crippen molar-refractivity contribution in [1.29, 1.82) is 0 Å². The number of nitrogens with zero attached hydrogens (tertiary/aromatic N) is 2. The molecular weight excluding hydrogens is 366 g/mol. The largest absolute Gasteiger partial charge is 0.459 e. The third-order valence-corrected chi connectivity index (χ3v) is 5.41. The number of furan rings is 1. The van der Waals surface area contributed by atoms with Gasteiger partial charge in [0.15, 0.2) is 5.76 Å². The second kappa shape index (κ2) is 8.92. The van der Waals surface area contributed by atoms with E-state index in [9.17, 15) is 9.59 Å². The topological polar surface area (TPSA) is 65.8 Å². The fraction of sp³-hybridized carbons (Fsp3) is 0.304. The van der Waals surface area contributed by atoms with Crippen LogP contribution in [0.3, 0.4) is 0 Å². The summed E-state index contributed by atoms with van der Waals surface area (Å²) in [4.78, 5) is 28.9. The Hall–Kier alpha value is -3.12. The standard InChI is InChI=1S/C23H25N3O3/c27-22(17-19-7-3-6-18-5-1-2-8-20(18)19)26-14-12-25(13-15-26)11-10-24-23(28)21-9-4-16-29-21/h1-9,16H,10-15,17H2,(H,24,28). The lowest BCUT2D eigenvalue weighted by Gasteiger charge is -2.34. The zero-order valence-corrected chi connectivity index (χ0v) is 16.3. The lowest BCUT2D eigenvalue weighted by molar-refractivity contribution is -0.132. The lowest BCUT2D eigenvalue weighted by Crippen LogP contribution is -2.50. The van der Waals surface area contributed by atoms with Crippen LogP contribution in [-0.2, 0) is 11.2 Å². The predicted octanol–water partition coefficient (Wildman–Crippen LogP) is 2.55. The first kappa shape index (κ1) is 19.2. The molecule has 2 amide bonds. The Morgan fingerprint density at radius 3 is 2.52 bits per heavy atom. The van der Waals surface area contributed by atoms with E-state index >= 15 is 0 Å². The highest BCUT2D eigenvalue weighted by atomic mass is 16.3. The summed E-state index contributed by atoms with van der Waals surface area (Å²) >= 11 is 0. The maximum atomic E-state index is 12.8. The van der Waals surface area contributed by atoms with Crippen molar-refractivity contribution in [2.45, 2.75) is 6.42 Å². The summed E-state index contributed by atoms with van der Waals surface area (Å²) in [6, 6.07) is 17.7. The van der Waals surface area contributed by atoms with Crippen molar-refractivity contribution in [2.24, 2.45) is 0 Å². The van der Waals surface area contributed by atoms with Crippen molar-refractivity contribution in [3.8, 4) is 0 Å². The molecule has 0 radical (unpaired) electrons. The van der Waals surface area contributed by atoms with Gasteiger partial charge in [-0.25, -0.2) is 0 Å². The molecule has 0 atom stereocenters. The van der Waals surface area contributed by atoms with E-state index in [1.807, 2.05) is 29.2 Å². The van der Waals surface area contributed by atoms with Gasteiger partial charge in [-0.15, -0.1) is 0 Å². The zero-order valence-electron chi connectivity index (χ0n) is 16.3. The summed E-state index contributed by atoms with van der Waals surface area (Å²) < 4.78 is 5.08. The highest BCUT2D eigenvalue weighted by molar-refractivity contribution is 5.91. The lowest BCUT2D eigenvalue weighted by atomic mass is 10.0. The number of piperazine rings is 1. The van der Waals surface area contributed by atoms with Crippen LogP contribution in [0.4, 0.5) is 0 Å². The number of rotatable bonds is 6. The van der Waals surface area contributed by atoms with E-state index in [0.717, 1.165) is 43.7 Å². The van der Waals surface area contributed by atoms with E-state index in [1.165, 1.54) is 11.6 Å². The Balaban J connectivity index is 1.24. The first-order valence-electron chi connectivity index (χ1n) is 9.99.